The SMILES string of the molecule is CC1(CNCc2occc2Br)CCN(C(=O)OC(C)(C)C)CC1. The molecule has 0 unspecified atom stereocenters. The smallest absolute Gasteiger partial charge is 0.410 e. The van der Waals surface area contributed by atoms with E-state index in [1.807, 2.05) is 31.7 Å². The van der Waals surface area contributed by atoms with Crippen molar-refractivity contribution in [2.24, 2.45) is 5.41 Å². The third-order valence-corrected chi connectivity index (χ3v) is 4.86. The number of halogens is 1. The van der Waals surface area contributed by atoms with E-state index in [9.17, 15) is 4.79 Å². The van der Waals surface area contributed by atoms with Crippen molar-refractivity contribution in [3.63, 3.8) is 0 Å². The fraction of sp³-hybridized carbons (Fsp3) is 0.706. The second kappa shape index (κ2) is 7.26. The molecule has 1 aliphatic heterocycles. The summed E-state index contributed by atoms with van der Waals surface area (Å²) in [5.41, 5.74) is -0.243. The molecule has 0 atom stereocenters. The number of hydrogen-bond donors (Lipinski definition) is 1. The predicted octanol–water partition coefficient (Wildman–Crippen LogP) is 4.17. The second-order valence-corrected chi connectivity index (χ2v) is 8.43. The van der Waals surface area contributed by atoms with Crippen LogP contribution in [0.3, 0.4) is 0 Å². The Bertz CT molecular complexity index is 528. The van der Waals surface area contributed by atoms with Crippen molar-refractivity contribution in [3.05, 3.63) is 22.6 Å². The topological polar surface area (TPSA) is 54.7 Å². The van der Waals surface area contributed by atoms with Gasteiger partial charge in [0.1, 0.15) is 11.4 Å². The van der Waals surface area contributed by atoms with E-state index in [1.165, 1.54) is 0 Å². The lowest BCUT2D eigenvalue weighted by Gasteiger charge is -2.39. The minimum atomic E-state index is -0.435. The number of carbonyl (C=O) groups excluding carboxylic acids is 1. The van der Waals surface area contributed by atoms with Crippen molar-refractivity contribution < 1.29 is 13.9 Å². The van der Waals surface area contributed by atoms with E-state index in [2.05, 4.69) is 28.2 Å². The molecule has 0 saturated carbocycles. The average molecular weight is 387 g/mol. The molecular weight excluding hydrogens is 360 g/mol. The minimum absolute atomic E-state index is 0.192. The molecule has 1 fully saturated rings. The first kappa shape index (κ1) is 18.3. The largest absolute Gasteiger partial charge is 0.467 e. The molecule has 0 aliphatic carbocycles. The number of ether oxygens (including phenoxy) is 1. The highest BCUT2D eigenvalue weighted by Crippen LogP contribution is 2.31. The van der Waals surface area contributed by atoms with E-state index in [1.54, 1.807) is 6.26 Å². The quantitative estimate of drug-likeness (QED) is 0.843. The third-order valence-electron chi connectivity index (χ3n) is 4.15. The molecule has 6 heteroatoms. The van der Waals surface area contributed by atoms with Crippen LogP contribution in [0.5, 0.6) is 0 Å². The van der Waals surface area contributed by atoms with Crippen molar-refractivity contribution in [2.75, 3.05) is 19.6 Å². The fourth-order valence-corrected chi connectivity index (χ4v) is 3.00. The maximum atomic E-state index is 12.1. The molecule has 1 aliphatic rings. The second-order valence-electron chi connectivity index (χ2n) is 7.57. The lowest BCUT2D eigenvalue weighted by Crippen LogP contribution is -2.47. The van der Waals surface area contributed by atoms with Gasteiger partial charge in [0.2, 0.25) is 0 Å². The highest BCUT2D eigenvalue weighted by Gasteiger charge is 2.33. The Hall–Kier alpha value is -1.01. The van der Waals surface area contributed by atoms with E-state index in [0.29, 0.717) is 6.54 Å². The van der Waals surface area contributed by atoms with E-state index in [0.717, 1.165) is 42.7 Å². The molecule has 0 spiro atoms. The van der Waals surface area contributed by atoms with Gasteiger partial charge in [-0.2, -0.15) is 0 Å². The molecule has 1 aromatic rings. The van der Waals surface area contributed by atoms with Gasteiger partial charge in [-0.1, -0.05) is 6.92 Å². The highest BCUT2D eigenvalue weighted by molar-refractivity contribution is 9.10. The molecule has 0 aromatic carbocycles. The van der Waals surface area contributed by atoms with Crippen molar-refractivity contribution >= 4 is 22.0 Å². The van der Waals surface area contributed by atoms with Crippen molar-refractivity contribution in [2.45, 2.75) is 52.7 Å². The molecule has 2 rings (SSSR count). The van der Waals surface area contributed by atoms with Gasteiger partial charge in [0.15, 0.2) is 0 Å². The summed E-state index contributed by atoms with van der Waals surface area (Å²) in [6, 6.07) is 1.90. The van der Waals surface area contributed by atoms with Crippen molar-refractivity contribution in [1.29, 1.82) is 0 Å². The predicted molar refractivity (Wildman–Crippen MR) is 93.3 cm³/mol. The van der Waals surface area contributed by atoms with Gasteiger partial charge in [-0.15, -0.1) is 0 Å². The zero-order valence-corrected chi connectivity index (χ0v) is 16.0. The Kier molecular flexibility index (Phi) is 5.79. The van der Waals surface area contributed by atoms with Crippen LogP contribution in [0.15, 0.2) is 21.2 Å². The van der Waals surface area contributed by atoms with Crippen LogP contribution in [0.2, 0.25) is 0 Å². The summed E-state index contributed by atoms with van der Waals surface area (Å²) in [6.07, 6.45) is 3.42. The molecule has 2 heterocycles. The Morgan fingerprint density at radius 1 is 1.43 bits per heavy atom. The number of nitrogens with zero attached hydrogens (tertiary/aromatic N) is 1. The summed E-state index contributed by atoms with van der Waals surface area (Å²) in [4.78, 5) is 13.9. The Morgan fingerprint density at radius 3 is 2.61 bits per heavy atom. The summed E-state index contributed by atoms with van der Waals surface area (Å²) >= 11 is 3.46. The minimum Gasteiger partial charge on any atom is -0.467 e. The lowest BCUT2D eigenvalue weighted by molar-refractivity contribution is 0.0119. The van der Waals surface area contributed by atoms with Crippen LogP contribution in [0, 0.1) is 5.41 Å². The maximum Gasteiger partial charge on any atom is 0.410 e. The number of nitrogens with one attached hydrogen (secondary N) is 1. The lowest BCUT2D eigenvalue weighted by atomic mass is 9.80. The first-order valence-corrected chi connectivity index (χ1v) is 8.88. The zero-order chi connectivity index (χ0) is 17.1. The van der Waals surface area contributed by atoms with Gasteiger partial charge in [0.25, 0.3) is 0 Å². The van der Waals surface area contributed by atoms with Crippen LogP contribution in [-0.2, 0) is 11.3 Å². The first-order valence-electron chi connectivity index (χ1n) is 8.09. The van der Waals surface area contributed by atoms with Crippen LogP contribution >= 0.6 is 15.9 Å². The van der Waals surface area contributed by atoms with Crippen molar-refractivity contribution in [1.82, 2.24) is 10.2 Å². The summed E-state index contributed by atoms with van der Waals surface area (Å²) in [7, 11) is 0. The summed E-state index contributed by atoms with van der Waals surface area (Å²) in [6.45, 7) is 11.1. The summed E-state index contributed by atoms with van der Waals surface area (Å²) < 4.78 is 11.8. The molecule has 5 nitrogen and oxygen atoms in total. The average Bonchev–Trinajstić information content (AvgIpc) is 2.83. The molecule has 130 valence electrons. The van der Waals surface area contributed by atoms with Gasteiger partial charge in [0, 0.05) is 19.6 Å². The molecule has 0 radical (unpaired) electrons. The zero-order valence-electron chi connectivity index (χ0n) is 14.4. The van der Waals surface area contributed by atoms with E-state index < -0.39 is 5.60 Å². The fourth-order valence-electron chi connectivity index (χ4n) is 2.66. The molecule has 1 N–H and O–H groups in total. The van der Waals surface area contributed by atoms with Crippen LogP contribution in [0.4, 0.5) is 4.79 Å². The number of carbonyl (C=O) groups is 1. The molecule has 0 bridgehead atoms. The van der Waals surface area contributed by atoms with Gasteiger partial charge < -0.3 is 19.4 Å². The molecule has 1 saturated heterocycles. The van der Waals surface area contributed by atoms with E-state index in [-0.39, 0.29) is 11.5 Å². The summed E-state index contributed by atoms with van der Waals surface area (Å²) in [5.74, 6) is 0.916. The van der Waals surface area contributed by atoms with Crippen LogP contribution in [0.1, 0.15) is 46.3 Å². The van der Waals surface area contributed by atoms with Crippen molar-refractivity contribution in [3.8, 4) is 0 Å². The number of hydrogen-bond acceptors (Lipinski definition) is 4. The van der Waals surface area contributed by atoms with Gasteiger partial charge in [-0.3, -0.25) is 0 Å². The highest BCUT2D eigenvalue weighted by atomic mass is 79.9. The number of piperidine rings is 1. The molecular formula is C17H27BrN2O3. The van der Waals surface area contributed by atoms with Gasteiger partial charge in [-0.05, 0) is 61.0 Å². The number of furan rings is 1. The number of likely N-dealkylation sites (tertiary alicyclic amines) is 1. The first-order chi connectivity index (χ1) is 10.7. The Labute approximate surface area is 146 Å². The van der Waals surface area contributed by atoms with E-state index >= 15 is 0 Å². The molecule has 23 heavy (non-hydrogen) atoms. The Morgan fingerprint density at radius 2 is 2.09 bits per heavy atom. The molecule has 1 amide bonds. The third kappa shape index (κ3) is 5.53. The normalized spacial score (nSPS) is 18.0. The van der Waals surface area contributed by atoms with Crippen LogP contribution in [0.25, 0.3) is 0 Å². The van der Waals surface area contributed by atoms with Gasteiger partial charge in [0.05, 0.1) is 17.3 Å². The molecule has 1 aromatic heterocycles. The van der Waals surface area contributed by atoms with Gasteiger partial charge in [-0.25, -0.2) is 4.79 Å². The van der Waals surface area contributed by atoms with Gasteiger partial charge >= 0.3 is 6.09 Å². The number of rotatable bonds is 4. The summed E-state index contributed by atoms with van der Waals surface area (Å²) in [5, 5.41) is 3.46. The standard InChI is InChI=1S/C17H27BrN2O3/c1-16(2,3)23-15(21)20-8-6-17(4,7-9-20)12-19-11-14-13(18)5-10-22-14/h5,10,19H,6-9,11-12H2,1-4H3. The Balaban J connectivity index is 1.76. The van der Waals surface area contributed by atoms with Crippen LogP contribution in [-0.4, -0.2) is 36.2 Å². The monoisotopic (exact) mass is 386 g/mol. The maximum absolute atomic E-state index is 12.1. The van der Waals surface area contributed by atoms with E-state index in [4.69, 9.17) is 9.15 Å². The van der Waals surface area contributed by atoms with Crippen LogP contribution < -0.4 is 5.32 Å². The number of amides is 1.